The summed E-state index contributed by atoms with van der Waals surface area (Å²) in [6.07, 6.45) is 20.2. The van der Waals surface area contributed by atoms with Crippen molar-refractivity contribution in [3.8, 4) is 0 Å². The molecule has 2 atom stereocenters. The fraction of sp³-hybridized carbons (Fsp3) is 0.342. The van der Waals surface area contributed by atoms with Gasteiger partial charge in [-0.05, 0) is 75.3 Å². The molecule has 0 bridgehead atoms. The summed E-state index contributed by atoms with van der Waals surface area (Å²) in [5.74, 6) is 0.423. The summed E-state index contributed by atoms with van der Waals surface area (Å²) in [5.41, 5.74) is 12.7. The van der Waals surface area contributed by atoms with Crippen molar-refractivity contribution < 1.29 is 8.81 Å². The molecule has 2 aliphatic rings. The van der Waals surface area contributed by atoms with Crippen LogP contribution in [-0.2, 0) is 19.0 Å². The molecule has 2 unspecified atom stereocenters. The first-order valence-corrected chi connectivity index (χ1v) is 16.0. The Bertz CT molecular complexity index is 1750. The van der Waals surface area contributed by atoms with Crippen LogP contribution in [0.25, 0.3) is 0 Å². The van der Waals surface area contributed by atoms with E-state index >= 15 is 0 Å². The minimum absolute atomic E-state index is 0.0614. The molecule has 2 aromatic heterocycles. The molecule has 8 nitrogen and oxygen atoms in total. The topological polar surface area (TPSA) is 115 Å². The highest BCUT2D eigenvalue weighted by molar-refractivity contribution is 5.62. The van der Waals surface area contributed by atoms with Gasteiger partial charge in [0.25, 0.3) is 0 Å². The Hall–Kier alpha value is -4.76. The van der Waals surface area contributed by atoms with Crippen LogP contribution in [0, 0.1) is 19.8 Å². The Balaban J connectivity index is 0.000000285. The van der Waals surface area contributed by atoms with Gasteiger partial charge in [0.2, 0.25) is 5.89 Å². The summed E-state index contributed by atoms with van der Waals surface area (Å²) in [6, 6.07) is 8.17. The number of nitrogens with zero attached hydrogens (tertiary/aromatic N) is 3. The molecule has 0 fully saturated rings. The van der Waals surface area contributed by atoms with Crippen molar-refractivity contribution in [1.82, 2.24) is 19.7 Å². The zero-order valence-electron chi connectivity index (χ0n) is 28.7. The normalized spacial score (nSPS) is 17.3. The van der Waals surface area contributed by atoms with E-state index in [2.05, 4.69) is 46.9 Å². The van der Waals surface area contributed by atoms with Crippen LogP contribution in [0.15, 0.2) is 123 Å². The Labute approximate surface area is 278 Å². The molecule has 0 spiro atoms. The number of nitrogens with two attached hydrogens (primary N) is 1. The molecule has 9 heteroatoms. The lowest BCUT2D eigenvalue weighted by Gasteiger charge is -2.32. The average Bonchev–Trinajstić information content (AvgIpc) is 3.49. The Morgan fingerprint density at radius 3 is 2.53 bits per heavy atom. The molecule has 0 amide bonds. The van der Waals surface area contributed by atoms with Gasteiger partial charge in [0, 0.05) is 36.2 Å². The van der Waals surface area contributed by atoms with Gasteiger partial charge in [0.1, 0.15) is 11.7 Å². The number of anilines is 1. The summed E-state index contributed by atoms with van der Waals surface area (Å²) in [4.78, 5) is 19.1. The molecule has 5 rings (SSSR count). The second-order valence-electron chi connectivity index (χ2n) is 11.7. The number of aromatic nitrogens is 4. The number of nitrogens with one attached hydrogen (secondary N) is 2. The van der Waals surface area contributed by atoms with Crippen LogP contribution in [0.4, 0.5) is 10.1 Å². The number of hydrogen-bond donors (Lipinski definition) is 3. The predicted molar refractivity (Wildman–Crippen MR) is 190 cm³/mol. The lowest BCUT2D eigenvalue weighted by atomic mass is 9.83. The number of allylic oxidation sites excluding steroid dienone is 10. The number of fused-ring (bicyclic) bond motifs is 1. The van der Waals surface area contributed by atoms with Crippen molar-refractivity contribution >= 4 is 5.69 Å². The number of para-hydroxylation sites is 1. The van der Waals surface area contributed by atoms with E-state index in [1.165, 1.54) is 11.6 Å². The molecule has 47 heavy (non-hydrogen) atoms. The van der Waals surface area contributed by atoms with E-state index in [1.54, 1.807) is 13.1 Å². The van der Waals surface area contributed by atoms with E-state index in [-0.39, 0.29) is 17.6 Å². The number of H-pyrrole nitrogens is 1. The summed E-state index contributed by atoms with van der Waals surface area (Å²) >= 11 is 0. The maximum atomic E-state index is 12.8. The van der Waals surface area contributed by atoms with Gasteiger partial charge in [0.15, 0.2) is 5.54 Å². The molecule has 0 radical (unpaired) electrons. The van der Waals surface area contributed by atoms with Gasteiger partial charge in [-0.3, -0.25) is 0 Å². The summed E-state index contributed by atoms with van der Waals surface area (Å²) < 4.78 is 19.4. The molecule has 3 aromatic rings. The lowest BCUT2D eigenvalue weighted by Crippen LogP contribution is -2.44. The summed E-state index contributed by atoms with van der Waals surface area (Å²) in [5, 5.41) is 7.85. The van der Waals surface area contributed by atoms with Gasteiger partial charge >= 0.3 is 5.76 Å². The fourth-order valence-corrected chi connectivity index (χ4v) is 5.00. The van der Waals surface area contributed by atoms with E-state index in [4.69, 9.17) is 10.2 Å². The SMILES string of the molecule is C=C(/C=C\C=C/CC)C(N)(C1=C(CC)CCc2ccccc2N1)c1nn(C)c(=O)o1.CC1=CC=C(F)C(C)C=C1.Cc1cnc(C)[nH]1. The van der Waals surface area contributed by atoms with Gasteiger partial charge in [0.05, 0.1) is 0 Å². The first-order valence-electron chi connectivity index (χ1n) is 16.0. The zero-order valence-corrected chi connectivity index (χ0v) is 28.7. The number of halogens is 1. The first kappa shape index (κ1) is 36.7. The van der Waals surface area contributed by atoms with Crippen LogP contribution in [0.2, 0.25) is 0 Å². The van der Waals surface area contributed by atoms with Crippen LogP contribution in [-0.4, -0.2) is 19.7 Å². The third kappa shape index (κ3) is 9.86. The molecule has 250 valence electrons. The van der Waals surface area contributed by atoms with E-state index < -0.39 is 11.3 Å². The highest BCUT2D eigenvalue weighted by Gasteiger charge is 2.42. The monoisotopic (exact) mass is 640 g/mol. The predicted octanol–water partition coefficient (Wildman–Crippen LogP) is 8.35. The highest BCUT2D eigenvalue weighted by atomic mass is 19.1. The third-order valence-corrected chi connectivity index (χ3v) is 7.88. The number of benzene rings is 1. The van der Waals surface area contributed by atoms with Crippen LogP contribution in [0.1, 0.15) is 69.9 Å². The number of hydrogen-bond acceptors (Lipinski definition) is 6. The van der Waals surface area contributed by atoms with Crippen LogP contribution in [0.5, 0.6) is 0 Å². The van der Waals surface area contributed by atoms with Gasteiger partial charge in [-0.2, -0.15) is 4.68 Å². The smallest absolute Gasteiger partial charge is 0.389 e. The van der Waals surface area contributed by atoms with Crippen molar-refractivity contribution in [3.63, 3.8) is 0 Å². The third-order valence-electron chi connectivity index (χ3n) is 7.88. The van der Waals surface area contributed by atoms with Gasteiger partial charge in [-0.1, -0.05) is 93.7 Å². The van der Waals surface area contributed by atoms with Crippen LogP contribution in [0.3, 0.4) is 0 Å². The fourth-order valence-electron chi connectivity index (χ4n) is 5.00. The molecule has 4 N–H and O–H groups in total. The minimum Gasteiger partial charge on any atom is -0.389 e. The maximum absolute atomic E-state index is 12.8. The molecule has 1 aliphatic carbocycles. The van der Waals surface area contributed by atoms with Crippen LogP contribution < -0.4 is 16.8 Å². The van der Waals surface area contributed by atoms with Gasteiger partial charge in [-0.25, -0.2) is 14.2 Å². The second-order valence-corrected chi connectivity index (χ2v) is 11.7. The maximum Gasteiger partial charge on any atom is 0.436 e. The van der Waals surface area contributed by atoms with Crippen molar-refractivity contribution in [1.29, 1.82) is 0 Å². The number of aryl methyl sites for hydroxylation is 4. The Morgan fingerprint density at radius 2 is 1.94 bits per heavy atom. The van der Waals surface area contributed by atoms with E-state index in [0.717, 1.165) is 64.4 Å². The van der Waals surface area contributed by atoms with Gasteiger partial charge in [-0.15, -0.1) is 5.10 Å². The summed E-state index contributed by atoms with van der Waals surface area (Å²) in [6.45, 7) is 16.1. The van der Waals surface area contributed by atoms with Crippen molar-refractivity contribution in [2.24, 2.45) is 18.7 Å². The van der Waals surface area contributed by atoms with E-state index in [9.17, 15) is 9.18 Å². The summed E-state index contributed by atoms with van der Waals surface area (Å²) in [7, 11) is 1.54. The van der Waals surface area contributed by atoms with E-state index in [1.807, 2.05) is 88.5 Å². The average molecular weight is 641 g/mol. The Kier molecular flexibility index (Phi) is 13.5. The van der Waals surface area contributed by atoms with Crippen molar-refractivity contribution in [2.75, 3.05) is 5.32 Å². The number of imidazole rings is 1. The Morgan fingerprint density at radius 1 is 1.19 bits per heavy atom. The molecular formula is C38H49FN6O2. The molecule has 3 heterocycles. The number of aromatic amines is 1. The standard InChI is InChI=1S/C24H30N4O2.C9H11F.C5H8N2/c1-5-7-8-9-12-17(3)24(25,22-27-28(4)23(29)30-22)21-18(6-2)15-16-19-13-10-11-14-20(19)26-21;1-7-3-5-8(2)9(10)6-4-7;1-4-3-6-5(2)7-4/h7-14,26H,3,5-6,15-16,25H2,1-2,4H3;3-6,8H,1-2H3;3H,1-2H3,(H,6,7)/b8-7-,12-9-;;. The van der Waals surface area contributed by atoms with Crippen molar-refractivity contribution in [2.45, 2.75) is 72.8 Å². The quantitative estimate of drug-likeness (QED) is 0.224. The van der Waals surface area contributed by atoms with E-state index in [0.29, 0.717) is 5.57 Å². The van der Waals surface area contributed by atoms with Crippen LogP contribution >= 0.6 is 0 Å². The lowest BCUT2D eigenvalue weighted by molar-refractivity contribution is 0.392. The van der Waals surface area contributed by atoms with Gasteiger partial charge < -0.3 is 20.5 Å². The van der Waals surface area contributed by atoms with Crippen molar-refractivity contribution in [3.05, 3.63) is 147 Å². The zero-order chi connectivity index (χ0) is 34.6. The molecule has 1 aromatic carbocycles. The molecule has 0 saturated heterocycles. The minimum atomic E-state index is -1.31. The molecule has 1 aliphatic heterocycles. The highest BCUT2D eigenvalue weighted by Crippen LogP contribution is 2.39. The molecular weight excluding hydrogens is 591 g/mol. The first-order chi connectivity index (χ1) is 22.4. The molecule has 0 saturated carbocycles. The number of rotatable bonds is 7. The second kappa shape index (κ2) is 17.2. The largest absolute Gasteiger partial charge is 0.436 e.